The van der Waals surface area contributed by atoms with Crippen molar-refractivity contribution in [2.45, 2.75) is 19.9 Å². The van der Waals surface area contributed by atoms with E-state index >= 15 is 0 Å². The van der Waals surface area contributed by atoms with Crippen molar-refractivity contribution in [2.24, 2.45) is 5.92 Å². The molecule has 3 aromatic rings. The van der Waals surface area contributed by atoms with Gasteiger partial charge in [-0.05, 0) is 29.5 Å². The van der Waals surface area contributed by atoms with Gasteiger partial charge in [0.1, 0.15) is 17.4 Å². The number of amides is 1. The number of hydrogen-bond acceptors (Lipinski definition) is 5. The molecule has 0 saturated heterocycles. The van der Waals surface area contributed by atoms with E-state index in [1.807, 2.05) is 12.1 Å². The molecule has 1 amide bonds. The zero-order chi connectivity index (χ0) is 19.6. The third-order valence-corrected chi connectivity index (χ3v) is 4.21. The van der Waals surface area contributed by atoms with Crippen LogP contribution in [0.15, 0.2) is 51.7 Å². The van der Waals surface area contributed by atoms with Crippen molar-refractivity contribution in [3.05, 3.63) is 52.9 Å². The molecule has 0 aliphatic heterocycles. The largest absolute Gasteiger partial charge is 0.484 e. The molecule has 1 aromatic heterocycles. The Morgan fingerprint density at radius 3 is 2.48 bits per heavy atom. The standard InChI is InChI=1S/C20H19NO6/c1-11(2)18(19(23)24)21-17(22)10-26-12-7-8-14-13-5-3-4-6-15(13)20(25)27-16(14)9-12/h3-9,11,18H,10H2,1-2H3,(H,21,22)(H,23,24). The van der Waals surface area contributed by atoms with Crippen molar-refractivity contribution < 1.29 is 23.8 Å². The molecule has 140 valence electrons. The molecule has 3 rings (SSSR count). The zero-order valence-corrected chi connectivity index (χ0v) is 14.9. The van der Waals surface area contributed by atoms with Crippen LogP contribution in [0, 0.1) is 5.92 Å². The van der Waals surface area contributed by atoms with E-state index in [1.54, 1.807) is 38.1 Å². The highest BCUT2D eigenvalue weighted by atomic mass is 16.5. The van der Waals surface area contributed by atoms with E-state index in [0.717, 1.165) is 10.8 Å². The van der Waals surface area contributed by atoms with Crippen molar-refractivity contribution in [3.63, 3.8) is 0 Å². The van der Waals surface area contributed by atoms with E-state index in [4.69, 9.17) is 14.3 Å². The number of fused-ring (bicyclic) bond motifs is 3. The average Bonchev–Trinajstić information content (AvgIpc) is 2.64. The highest BCUT2D eigenvalue weighted by Crippen LogP contribution is 2.26. The molecule has 7 nitrogen and oxygen atoms in total. The minimum Gasteiger partial charge on any atom is -0.484 e. The van der Waals surface area contributed by atoms with Crippen molar-refractivity contribution in [3.8, 4) is 5.75 Å². The highest BCUT2D eigenvalue weighted by molar-refractivity contribution is 6.04. The maximum atomic E-state index is 12.1. The summed E-state index contributed by atoms with van der Waals surface area (Å²) in [7, 11) is 0. The summed E-state index contributed by atoms with van der Waals surface area (Å²) in [4.78, 5) is 35.2. The number of carbonyl (C=O) groups excluding carboxylic acids is 1. The van der Waals surface area contributed by atoms with Crippen LogP contribution in [0.3, 0.4) is 0 Å². The Bertz CT molecular complexity index is 1070. The van der Waals surface area contributed by atoms with Gasteiger partial charge in [0.05, 0.1) is 5.39 Å². The molecule has 27 heavy (non-hydrogen) atoms. The van der Waals surface area contributed by atoms with E-state index in [2.05, 4.69) is 5.32 Å². The van der Waals surface area contributed by atoms with Crippen LogP contribution in [0.5, 0.6) is 5.75 Å². The summed E-state index contributed by atoms with van der Waals surface area (Å²) in [5, 5.41) is 13.6. The number of rotatable bonds is 6. The number of carbonyl (C=O) groups is 2. The van der Waals surface area contributed by atoms with E-state index < -0.39 is 23.5 Å². The summed E-state index contributed by atoms with van der Waals surface area (Å²) < 4.78 is 10.8. The van der Waals surface area contributed by atoms with Crippen LogP contribution in [-0.2, 0) is 9.59 Å². The number of carboxylic acid groups (broad SMARTS) is 1. The van der Waals surface area contributed by atoms with Crippen LogP contribution in [0.4, 0.5) is 0 Å². The SMILES string of the molecule is CC(C)C(NC(=O)COc1ccc2c(c1)oc(=O)c1ccccc12)C(=O)O. The van der Waals surface area contributed by atoms with Crippen molar-refractivity contribution in [1.82, 2.24) is 5.32 Å². The van der Waals surface area contributed by atoms with Gasteiger partial charge >= 0.3 is 11.6 Å². The Balaban J connectivity index is 1.78. The summed E-state index contributed by atoms with van der Waals surface area (Å²) >= 11 is 0. The molecule has 2 N–H and O–H groups in total. The Kier molecular flexibility index (Phi) is 5.12. The van der Waals surface area contributed by atoms with E-state index in [0.29, 0.717) is 16.7 Å². The first kappa shape index (κ1) is 18.4. The molecule has 0 aliphatic rings. The lowest BCUT2D eigenvalue weighted by atomic mass is 10.1. The summed E-state index contributed by atoms with van der Waals surface area (Å²) in [6.07, 6.45) is 0. The van der Waals surface area contributed by atoms with Crippen LogP contribution in [-0.4, -0.2) is 29.6 Å². The van der Waals surface area contributed by atoms with Gasteiger partial charge in [-0.3, -0.25) is 4.79 Å². The quantitative estimate of drug-likeness (QED) is 0.511. The fourth-order valence-electron chi connectivity index (χ4n) is 2.83. The molecule has 0 radical (unpaired) electrons. The van der Waals surface area contributed by atoms with Gasteiger partial charge < -0.3 is 19.6 Å². The second kappa shape index (κ2) is 7.49. The van der Waals surface area contributed by atoms with Crippen molar-refractivity contribution in [1.29, 1.82) is 0 Å². The van der Waals surface area contributed by atoms with Gasteiger partial charge in [-0.25, -0.2) is 9.59 Å². The minimum atomic E-state index is -1.10. The first-order valence-corrected chi connectivity index (χ1v) is 8.47. The topological polar surface area (TPSA) is 106 Å². The summed E-state index contributed by atoms with van der Waals surface area (Å²) in [5.74, 6) is -1.56. The Labute approximate surface area is 154 Å². The lowest BCUT2D eigenvalue weighted by Gasteiger charge is -2.18. The average molecular weight is 369 g/mol. The number of nitrogens with one attached hydrogen (secondary N) is 1. The molecule has 1 atom stereocenters. The van der Waals surface area contributed by atoms with Crippen LogP contribution < -0.4 is 15.7 Å². The predicted octanol–water partition coefficient (Wildman–Crippen LogP) is 2.55. The van der Waals surface area contributed by atoms with Gasteiger partial charge in [-0.15, -0.1) is 0 Å². The maximum absolute atomic E-state index is 12.1. The molecule has 0 aliphatic carbocycles. The summed E-state index contributed by atoms with van der Waals surface area (Å²) in [6, 6.07) is 11.1. The van der Waals surface area contributed by atoms with Crippen molar-refractivity contribution in [2.75, 3.05) is 6.61 Å². The second-order valence-electron chi connectivity index (χ2n) is 6.51. The van der Waals surface area contributed by atoms with Gasteiger partial charge in [-0.1, -0.05) is 32.0 Å². The highest BCUT2D eigenvalue weighted by Gasteiger charge is 2.23. The fourth-order valence-corrected chi connectivity index (χ4v) is 2.83. The van der Waals surface area contributed by atoms with E-state index in [9.17, 15) is 14.4 Å². The van der Waals surface area contributed by atoms with Crippen LogP contribution in [0.25, 0.3) is 21.7 Å². The molecule has 0 bridgehead atoms. The van der Waals surface area contributed by atoms with Gasteiger partial charge in [0.15, 0.2) is 6.61 Å². The molecule has 0 fully saturated rings. The van der Waals surface area contributed by atoms with Gasteiger partial charge in [0.25, 0.3) is 5.91 Å². The molecular weight excluding hydrogens is 350 g/mol. The van der Waals surface area contributed by atoms with Crippen LogP contribution >= 0.6 is 0 Å². The predicted molar refractivity (Wildman–Crippen MR) is 99.9 cm³/mol. The van der Waals surface area contributed by atoms with E-state index in [-0.39, 0.29) is 12.5 Å². The number of hydrogen-bond donors (Lipinski definition) is 2. The molecule has 1 heterocycles. The zero-order valence-electron chi connectivity index (χ0n) is 14.9. The molecule has 0 saturated carbocycles. The lowest BCUT2D eigenvalue weighted by molar-refractivity contribution is -0.143. The third kappa shape index (κ3) is 3.92. The Morgan fingerprint density at radius 1 is 1.11 bits per heavy atom. The van der Waals surface area contributed by atoms with Gasteiger partial charge in [0, 0.05) is 11.5 Å². The van der Waals surface area contributed by atoms with Crippen molar-refractivity contribution >= 4 is 33.6 Å². The number of carboxylic acids is 1. The van der Waals surface area contributed by atoms with Gasteiger partial charge in [-0.2, -0.15) is 0 Å². The van der Waals surface area contributed by atoms with E-state index in [1.165, 1.54) is 6.07 Å². The molecule has 0 spiro atoms. The smallest absolute Gasteiger partial charge is 0.344 e. The lowest BCUT2D eigenvalue weighted by Crippen LogP contribution is -2.46. The third-order valence-electron chi connectivity index (χ3n) is 4.21. The Hall–Kier alpha value is -3.35. The number of benzene rings is 2. The maximum Gasteiger partial charge on any atom is 0.344 e. The first-order valence-electron chi connectivity index (χ1n) is 8.47. The number of ether oxygens (including phenoxy) is 1. The van der Waals surface area contributed by atoms with Crippen LogP contribution in [0.2, 0.25) is 0 Å². The summed E-state index contributed by atoms with van der Waals surface area (Å²) in [6.45, 7) is 3.06. The molecule has 7 heteroatoms. The minimum absolute atomic E-state index is 0.255. The normalized spacial score (nSPS) is 12.3. The molecule has 2 aromatic carbocycles. The first-order chi connectivity index (χ1) is 12.9. The second-order valence-corrected chi connectivity index (χ2v) is 6.51. The van der Waals surface area contributed by atoms with Gasteiger partial charge in [0.2, 0.25) is 0 Å². The number of aliphatic carboxylic acids is 1. The fraction of sp³-hybridized carbons (Fsp3) is 0.250. The van der Waals surface area contributed by atoms with Crippen LogP contribution in [0.1, 0.15) is 13.8 Å². The molecular formula is C20H19NO6. The monoisotopic (exact) mass is 369 g/mol. The molecule has 1 unspecified atom stereocenters. The Morgan fingerprint density at radius 2 is 1.81 bits per heavy atom. The summed E-state index contributed by atoms with van der Waals surface area (Å²) in [5.41, 5.74) is -0.101.